The average Bonchev–Trinajstić information content (AvgIpc) is 3.70. The normalized spacial score (nSPS) is 12.0. The van der Waals surface area contributed by atoms with Gasteiger partial charge in [0.05, 0.1) is 17.9 Å². The number of benzene rings is 3. The second-order valence-corrected chi connectivity index (χ2v) is 10.6. The van der Waals surface area contributed by atoms with Gasteiger partial charge in [0.1, 0.15) is 24.0 Å². The number of nitrogens with one attached hydrogen (secondary N) is 2. The number of rotatable bonds is 11. The monoisotopic (exact) mass is 613 g/mol. The van der Waals surface area contributed by atoms with Crippen molar-refractivity contribution in [1.82, 2.24) is 40.0 Å². The van der Waals surface area contributed by atoms with Crippen LogP contribution in [-0.4, -0.2) is 66.6 Å². The van der Waals surface area contributed by atoms with E-state index in [0.717, 1.165) is 11.4 Å². The number of carbonyl (C=O) groups excluding carboxylic acids is 2. The molecule has 13 heteroatoms. The highest BCUT2D eigenvalue weighted by molar-refractivity contribution is 6.30. The molecular formula is C31H29ClFN9O2. The van der Waals surface area contributed by atoms with E-state index in [9.17, 15) is 9.59 Å². The zero-order valence-electron chi connectivity index (χ0n) is 23.9. The molecule has 0 aliphatic rings. The van der Waals surface area contributed by atoms with Gasteiger partial charge in [-0.05, 0) is 66.5 Å². The molecule has 0 radical (unpaired) electrons. The molecule has 44 heavy (non-hydrogen) atoms. The van der Waals surface area contributed by atoms with Gasteiger partial charge in [0.2, 0.25) is 11.8 Å². The zero-order valence-corrected chi connectivity index (χ0v) is 24.7. The van der Waals surface area contributed by atoms with Gasteiger partial charge >= 0.3 is 0 Å². The number of tetrazole rings is 1. The van der Waals surface area contributed by atoms with Gasteiger partial charge in [-0.25, -0.2) is 9.37 Å². The number of hydrogen-bond donors (Lipinski definition) is 2. The highest BCUT2D eigenvalue weighted by atomic mass is 35.5. The van der Waals surface area contributed by atoms with Crippen molar-refractivity contribution in [2.75, 3.05) is 19.4 Å². The van der Waals surface area contributed by atoms with Crippen molar-refractivity contribution < 1.29 is 14.0 Å². The third-order valence-corrected chi connectivity index (χ3v) is 6.81. The largest absolute Gasteiger partial charge is 0.340 e. The third-order valence-electron chi connectivity index (χ3n) is 6.58. The van der Waals surface area contributed by atoms with Crippen molar-refractivity contribution in [2.24, 2.45) is 0 Å². The molecule has 3 aromatic carbocycles. The number of anilines is 1. The van der Waals surface area contributed by atoms with Gasteiger partial charge < -0.3 is 20.1 Å². The molecule has 0 unspecified atom stereocenters. The van der Waals surface area contributed by atoms with Gasteiger partial charge in [0.25, 0.3) is 0 Å². The van der Waals surface area contributed by atoms with E-state index < -0.39 is 23.7 Å². The van der Waals surface area contributed by atoms with Gasteiger partial charge in [0, 0.05) is 47.2 Å². The predicted molar refractivity (Wildman–Crippen MR) is 165 cm³/mol. The topological polar surface area (TPSA) is 123 Å². The summed E-state index contributed by atoms with van der Waals surface area (Å²) in [6.45, 7) is 0.568. The fourth-order valence-electron chi connectivity index (χ4n) is 4.53. The number of amides is 2. The molecule has 1 atom stereocenters. The smallest absolute Gasteiger partial charge is 0.247 e. The van der Waals surface area contributed by atoms with Crippen LogP contribution in [0, 0.1) is 5.82 Å². The summed E-state index contributed by atoms with van der Waals surface area (Å²) in [6, 6.07) is 17.8. The average molecular weight is 614 g/mol. The van der Waals surface area contributed by atoms with Crippen LogP contribution >= 0.6 is 11.6 Å². The fraction of sp³-hybridized carbons (Fsp3) is 0.161. The molecule has 5 aromatic rings. The predicted octanol–water partition coefficient (Wildman–Crippen LogP) is 4.08. The molecule has 0 spiro atoms. The van der Waals surface area contributed by atoms with Gasteiger partial charge in [-0.1, -0.05) is 41.9 Å². The maximum absolute atomic E-state index is 15.3. The first-order valence-corrected chi connectivity index (χ1v) is 14.0. The summed E-state index contributed by atoms with van der Waals surface area (Å²) in [4.78, 5) is 32.8. The van der Waals surface area contributed by atoms with Crippen molar-refractivity contribution in [3.8, 4) is 11.4 Å². The molecule has 5 rings (SSSR count). The second kappa shape index (κ2) is 13.8. The van der Waals surface area contributed by atoms with E-state index in [-0.39, 0.29) is 12.1 Å². The van der Waals surface area contributed by atoms with Crippen LogP contribution < -0.4 is 10.6 Å². The van der Waals surface area contributed by atoms with Crippen LogP contribution in [0.5, 0.6) is 0 Å². The summed E-state index contributed by atoms with van der Waals surface area (Å²) in [5, 5.41) is 17.0. The Morgan fingerprint density at radius 2 is 1.91 bits per heavy atom. The van der Waals surface area contributed by atoms with Crippen molar-refractivity contribution >= 4 is 35.2 Å². The molecule has 0 bridgehead atoms. The van der Waals surface area contributed by atoms with Gasteiger partial charge in [0.15, 0.2) is 0 Å². The van der Waals surface area contributed by atoms with Crippen LogP contribution in [0.2, 0.25) is 5.02 Å². The Balaban J connectivity index is 1.34. The molecule has 2 N–H and O–H groups in total. The number of imidazole rings is 1. The molecule has 0 saturated heterocycles. The van der Waals surface area contributed by atoms with Crippen molar-refractivity contribution in [3.05, 3.63) is 119 Å². The van der Waals surface area contributed by atoms with Crippen molar-refractivity contribution in [2.45, 2.75) is 19.0 Å². The van der Waals surface area contributed by atoms with Crippen LogP contribution in [0.4, 0.5) is 10.1 Å². The standard InChI is InChI=1S/C31H29ClFN9O2/c1-40(2)19-29-34-14-15-41(29)24-10-11-26(25(33)18-24)37-31(44)27(16-21-6-4-3-5-7-21)36-30(43)13-8-22-17-23(32)9-12-28(22)42-20-35-38-39-42/h3-15,17-18,20,27H,16,19H2,1-2H3,(H,36,43)(H,37,44)/b13-8+/t27-/m0/s1. The molecular weight excluding hydrogens is 585 g/mol. The Morgan fingerprint density at radius 1 is 1.09 bits per heavy atom. The number of hydrogen-bond acceptors (Lipinski definition) is 7. The van der Waals surface area contributed by atoms with Crippen molar-refractivity contribution in [1.29, 1.82) is 0 Å². The highest BCUT2D eigenvalue weighted by Crippen LogP contribution is 2.22. The van der Waals surface area contributed by atoms with Crippen LogP contribution in [0.25, 0.3) is 17.5 Å². The van der Waals surface area contributed by atoms with Crippen LogP contribution in [0.3, 0.4) is 0 Å². The maximum Gasteiger partial charge on any atom is 0.247 e. The van der Waals surface area contributed by atoms with Crippen LogP contribution in [0.15, 0.2) is 91.5 Å². The molecule has 0 saturated carbocycles. The molecule has 11 nitrogen and oxygen atoms in total. The Labute approximate surface area is 258 Å². The summed E-state index contributed by atoms with van der Waals surface area (Å²) >= 11 is 6.18. The zero-order chi connectivity index (χ0) is 31.1. The van der Waals surface area contributed by atoms with Crippen LogP contribution in [0.1, 0.15) is 17.0 Å². The van der Waals surface area contributed by atoms with E-state index in [1.165, 1.54) is 29.2 Å². The Kier molecular flexibility index (Phi) is 9.52. The molecule has 0 aliphatic heterocycles. The van der Waals surface area contributed by atoms with E-state index in [4.69, 9.17) is 11.6 Å². The van der Waals surface area contributed by atoms with E-state index >= 15 is 4.39 Å². The summed E-state index contributed by atoms with van der Waals surface area (Å²) in [7, 11) is 3.84. The lowest BCUT2D eigenvalue weighted by Crippen LogP contribution is -2.44. The number of carbonyl (C=O) groups is 2. The Bertz CT molecular complexity index is 1770. The molecule has 2 heterocycles. The van der Waals surface area contributed by atoms with Crippen LogP contribution in [-0.2, 0) is 22.6 Å². The quantitative estimate of drug-likeness (QED) is 0.215. The first-order valence-electron chi connectivity index (χ1n) is 13.6. The van der Waals surface area contributed by atoms with Gasteiger partial charge in [-0.2, -0.15) is 4.68 Å². The molecule has 0 aliphatic carbocycles. The lowest BCUT2D eigenvalue weighted by molar-refractivity contribution is -0.123. The minimum atomic E-state index is -1.01. The van der Waals surface area contributed by atoms with E-state index in [1.807, 2.05) is 49.3 Å². The number of aromatic nitrogens is 6. The van der Waals surface area contributed by atoms with E-state index in [1.54, 1.807) is 47.3 Å². The van der Waals surface area contributed by atoms with E-state index in [0.29, 0.717) is 28.5 Å². The second-order valence-electron chi connectivity index (χ2n) is 10.1. The number of nitrogens with zero attached hydrogens (tertiary/aromatic N) is 7. The van der Waals surface area contributed by atoms with E-state index in [2.05, 4.69) is 31.1 Å². The molecule has 2 amide bonds. The van der Waals surface area contributed by atoms with Crippen molar-refractivity contribution in [3.63, 3.8) is 0 Å². The number of halogens is 2. The Hall–Kier alpha value is -5.20. The molecule has 0 fully saturated rings. The first kappa shape index (κ1) is 30.3. The summed E-state index contributed by atoms with van der Waals surface area (Å²) in [5.74, 6) is -0.989. The first-order chi connectivity index (χ1) is 21.3. The minimum Gasteiger partial charge on any atom is -0.340 e. The molecule has 2 aromatic heterocycles. The summed E-state index contributed by atoms with van der Waals surface area (Å²) in [6.07, 6.45) is 7.84. The molecule has 224 valence electrons. The van der Waals surface area contributed by atoms with Gasteiger partial charge in [-0.3, -0.25) is 9.59 Å². The fourth-order valence-corrected chi connectivity index (χ4v) is 4.71. The highest BCUT2D eigenvalue weighted by Gasteiger charge is 2.22. The maximum atomic E-state index is 15.3. The third kappa shape index (κ3) is 7.60. The lowest BCUT2D eigenvalue weighted by atomic mass is 10.0. The van der Waals surface area contributed by atoms with Gasteiger partial charge in [-0.15, -0.1) is 5.10 Å². The lowest BCUT2D eigenvalue weighted by Gasteiger charge is -2.19. The Morgan fingerprint density at radius 3 is 2.64 bits per heavy atom. The SMILES string of the molecule is CN(C)Cc1nccn1-c1ccc(NC(=O)[C@H](Cc2ccccc2)NC(=O)/C=C/c2cc(Cl)ccc2-n2cnnn2)c(F)c1. The summed E-state index contributed by atoms with van der Waals surface area (Å²) in [5.41, 5.74) is 2.55. The minimum absolute atomic E-state index is 0.0131. The summed E-state index contributed by atoms with van der Waals surface area (Å²) < 4.78 is 18.5.